The van der Waals surface area contributed by atoms with Crippen LogP contribution in [-0.2, 0) is 6.42 Å². The molecule has 0 bridgehead atoms. The van der Waals surface area contributed by atoms with Gasteiger partial charge in [-0.15, -0.1) is 0 Å². The van der Waals surface area contributed by atoms with E-state index >= 15 is 0 Å². The Balaban J connectivity index is 1.88. The third kappa shape index (κ3) is 3.88. The average Bonchev–Trinajstić information content (AvgIpc) is 2.78. The Kier molecular flexibility index (Phi) is 5.35. The van der Waals surface area contributed by atoms with Crippen molar-refractivity contribution in [3.05, 3.63) is 113 Å². The molecule has 0 N–H and O–H groups in total. The highest BCUT2D eigenvalue weighted by Crippen LogP contribution is 2.33. The fourth-order valence-electron chi connectivity index (χ4n) is 3.75. The maximum Gasteiger partial charge on any atom is 0.167 e. The van der Waals surface area contributed by atoms with Crippen LogP contribution in [0.25, 0.3) is 22.5 Å². The summed E-state index contributed by atoms with van der Waals surface area (Å²) in [6, 6.07) is 29.9. The number of nitrogens with zero attached hydrogens (tertiary/aromatic N) is 1. The Morgan fingerprint density at radius 1 is 0.655 bits per heavy atom. The standard InChI is InChI=1S/C27H23NO/c1-19-24(18-25(29)21-12-6-3-7-13-21)20(2)27(23-16-10-5-11-17-23)28-26(19)22-14-8-4-9-15-22/h3-17H,18H2,1-2H3. The molecule has 29 heavy (non-hydrogen) atoms. The summed E-state index contributed by atoms with van der Waals surface area (Å²) in [5.74, 6) is 0.126. The molecule has 0 fully saturated rings. The van der Waals surface area contributed by atoms with Crippen molar-refractivity contribution in [3.8, 4) is 22.5 Å². The summed E-state index contributed by atoms with van der Waals surface area (Å²) in [4.78, 5) is 18.0. The number of Topliss-reactive ketones (excluding diaryl/α,β-unsaturated/α-hetero) is 1. The van der Waals surface area contributed by atoms with Gasteiger partial charge in [-0.05, 0) is 30.5 Å². The molecule has 4 rings (SSSR count). The molecule has 0 aliphatic carbocycles. The van der Waals surface area contributed by atoms with Gasteiger partial charge in [0.1, 0.15) is 0 Å². The van der Waals surface area contributed by atoms with Crippen molar-refractivity contribution < 1.29 is 4.79 Å². The van der Waals surface area contributed by atoms with Crippen molar-refractivity contribution in [2.24, 2.45) is 0 Å². The summed E-state index contributed by atoms with van der Waals surface area (Å²) in [7, 11) is 0. The van der Waals surface area contributed by atoms with Gasteiger partial charge in [-0.3, -0.25) is 4.79 Å². The molecule has 2 nitrogen and oxygen atoms in total. The minimum atomic E-state index is 0.126. The minimum absolute atomic E-state index is 0.126. The molecule has 4 aromatic rings. The van der Waals surface area contributed by atoms with Gasteiger partial charge in [0.05, 0.1) is 11.4 Å². The van der Waals surface area contributed by atoms with E-state index in [9.17, 15) is 4.79 Å². The first kappa shape index (κ1) is 18.8. The number of hydrogen-bond acceptors (Lipinski definition) is 2. The Labute approximate surface area is 171 Å². The summed E-state index contributed by atoms with van der Waals surface area (Å²) in [6.45, 7) is 4.15. The van der Waals surface area contributed by atoms with Gasteiger partial charge in [0.25, 0.3) is 0 Å². The van der Waals surface area contributed by atoms with Crippen LogP contribution in [0.2, 0.25) is 0 Å². The van der Waals surface area contributed by atoms with E-state index in [2.05, 4.69) is 38.1 Å². The molecule has 0 unspecified atom stereocenters. The monoisotopic (exact) mass is 377 g/mol. The number of carbonyl (C=O) groups is 1. The van der Waals surface area contributed by atoms with E-state index in [1.54, 1.807) is 0 Å². The Hall–Kier alpha value is -3.52. The number of carbonyl (C=O) groups excluding carboxylic acids is 1. The highest BCUT2D eigenvalue weighted by molar-refractivity contribution is 5.98. The highest BCUT2D eigenvalue weighted by Gasteiger charge is 2.19. The molecule has 0 atom stereocenters. The van der Waals surface area contributed by atoms with Crippen LogP contribution < -0.4 is 0 Å². The second kappa shape index (κ2) is 8.24. The van der Waals surface area contributed by atoms with Crippen molar-refractivity contribution in [1.29, 1.82) is 0 Å². The number of rotatable bonds is 5. The fraction of sp³-hybridized carbons (Fsp3) is 0.111. The molecule has 0 aliphatic rings. The van der Waals surface area contributed by atoms with E-state index < -0.39 is 0 Å². The molecule has 3 aromatic carbocycles. The summed E-state index contributed by atoms with van der Waals surface area (Å²) >= 11 is 0. The van der Waals surface area contributed by atoms with Crippen molar-refractivity contribution in [3.63, 3.8) is 0 Å². The second-order valence-electron chi connectivity index (χ2n) is 7.24. The van der Waals surface area contributed by atoms with Crippen LogP contribution in [0, 0.1) is 13.8 Å². The number of pyridine rings is 1. The van der Waals surface area contributed by atoms with Crippen molar-refractivity contribution >= 4 is 5.78 Å². The van der Waals surface area contributed by atoms with Crippen LogP contribution in [0.15, 0.2) is 91.0 Å². The maximum absolute atomic E-state index is 13.0. The summed E-state index contributed by atoms with van der Waals surface area (Å²) in [5.41, 5.74) is 7.94. The van der Waals surface area contributed by atoms with Crippen LogP contribution >= 0.6 is 0 Å². The number of aromatic nitrogens is 1. The summed E-state index contributed by atoms with van der Waals surface area (Å²) < 4.78 is 0. The van der Waals surface area contributed by atoms with Crippen molar-refractivity contribution in [2.75, 3.05) is 0 Å². The molecular formula is C27H23NO. The Morgan fingerprint density at radius 3 is 1.52 bits per heavy atom. The number of ketones is 1. The first-order chi connectivity index (χ1) is 14.1. The van der Waals surface area contributed by atoms with Gasteiger partial charge in [0, 0.05) is 23.1 Å². The predicted octanol–water partition coefficient (Wildman–Crippen LogP) is 6.46. The molecular weight excluding hydrogens is 354 g/mol. The smallest absolute Gasteiger partial charge is 0.167 e. The van der Waals surface area contributed by atoms with Crippen molar-refractivity contribution in [2.45, 2.75) is 20.3 Å². The second-order valence-corrected chi connectivity index (χ2v) is 7.24. The van der Waals surface area contributed by atoms with Crippen molar-refractivity contribution in [1.82, 2.24) is 4.98 Å². The third-order valence-electron chi connectivity index (χ3n) is 5.37. The van der Waals surface area contributed by atoms with Gasteiger partial charge in [0.2, 0.25) is 0 Å². The van der Waals surface area contributed by atoms with Gasteiger partial charge < -0.3 is 0 Å². The van der Waals surface area contributed by atoms with Gasteiger partial charge in [-0.2, -0.15) is 0 Å². The zero-order chi connectivity index (χ0) is 20.2. The Morgan fingerprint density at radius 2 is 1.07 bits per heavy atom. The van der Waals surface area contributed by atoms with Crippen LogP contribution in [-0.4, -0.2) is 10.8 Å². The molecule has 2 heteroatoms. The fourth-order valence-corrected chi connectivity index (χ4v) is 3.75. The lowest BCUT2D eigenvalue weighted by Gasteiger charge is -2.18. The topological polar surface area (TPSA) is 30.0 Å². The first-order valence-electron chi connectivity index (χ1n) is 9.84. The summed E-state index contributed by atoms with van der Waals surface area (Å²) in [6.07, 6.45) is 0.365. The molecule has 0 saturated heterocycles. The minimum Gasteiger partial charge on any atom is -0.294 e. The summed E-state index contributed by atoms with van der Waals surface area (Å²) in [5, 5.41) is 0. The molecule has 0 spiro atoms. The van der Waals surface area contributed by atoms with Crippen LogP contribution in [0.5, 0.6) is 0 Å². The van der Waals surface area contributed by atoms with Crippen LogP contribution in [0.1, 0.15) is 27.0 Å². The van der Waals surface area contributed by atoms with E-state index in [-0.39, 0.29) is 5.78 Å². The van der Waals surface area contributed by atoms with Gasteiger partial charge >= 0.3 is 0 Å². The Bertz CT molecular complexity index is 1070. The largest absolute Gasteiger partial charge is 0.294 e. The van der Waals surface area contributed by atoms with Crippen LogP contribution in [0.3, 0.4) is 0 Å². The molecule has 0 amide bonds. The van der Waals surface area contributed by atoms with E-state index in [0.29, 0.717) is 6.42 Å². The van der Waals surface area contributed by atoms with Crippen LogP contribution in [0.4, 0.5) is 0 Å². The molecule has 1 heterocycles. The predicted molar refractivity (Wildman–Crippen MR) is 119 cm³/mol. The molecule has 142 valence electrons. The lowest BCUT2D eigenvalue weighted by Crippen LogP contribution is -2.09. The number of benzene rings is 3. The SMILES string of the molecule is Cc1c(-c2ccccc2)nc(-c2ccccc2)c(C)c1CC(=O)c1ccccc1. The normalized spacial score (nSPS) is 10.7. The third-order valence-corrected chi connectivity index (χ3v) is 5.37. The lowest BCUT2D eigenvalue weighted by atomic mass is 9.90. The molecule has 0 radical (unpaired) electrons. The van der Waals surface area contributed by atoms with Gasteiger partial charge in [-0.1, -0.05) is 91.0 Å². The zero-order valence-corrected chi connectivity index (χ0v) is 16.7. The lowest BCUT2D eigenvalue weighted by molar-refractivity contribution is 0.0992. The highest BCUT2D eigenvalue weighted by atomic mass is 16.1. The quantitative estimate of drug-likeness (QED) is 0.374. The molecule has 0 aliphatic heterocycles. The molecule has 1 aromatic heterocycles. The maximum atomic E-state index is 13.0. The van der Waals surface area contributed by atoms with E-state index in [1.807, 2.05) is 66.7 Å². The average molecular weight is 377 g/mol. The van der Waals surface area contributed by atoms with E-state index in [1.165, 1.54) is 0 Å². The van der Waals surface area contributed by atoms with E-state index in [0.717, 1.165) is 44.8 Å². The first-order valence-corrected chi connectivity index (χ1v) is 9.84. The molecule has 0 saturated carbocycles. The van der Waals surface area contributed by atoms with Gasteiger partial charge in [-0.25, -0.2) is 4.98 Å². The zero-order valence-electron chi connectivity index (χ0n) is 16.7. The van der Waals surface area contributed by atoms with Gasteiger partial charge in [0.15, 0.2) is 5.78 Å². The number of hydrogen-bond donors (Lipinski definition) is 0. The van der Waals surface area contributed by atoms with E-state index in [4.69, 9.17) is 4.98 Å².